The van der Waals surface area contributed by atoms with E-state index >= 15 is 0 Å². The van der Waals surface area contributed by atoms with Crippen LogP contribution in [0.4, 0.5) is 4.39 Å². The second-order valence-corrected chi connectivity index (χ2v) is 5.94. The lowest BCUT2D eigenvalue weighted by atomic mass is 9.95. The van der Waals surface area contributed by atoms with Crippen LogP contribution in [0.2, 0.25) is 0 Å². The summed E-state index contributed by atoms with van der Waals surface area (Å²) in [6, 6.07) is 6.43. The summed E-state index contributed by atoms with van der Waals surface area (Å²) < 4.78 is 13.6. The monoisotopic (exact) mass is 263 g/mol. The molecule has 19 heavy (non-hydrogen) atoms. The summed E-state index contributed by atoms with van der Waals surface area (Å²) in [6.45, 7) is 3.95. The van der Waals surface area contributed by atoms with E-state index in [9.17, 15) is 4.39 Å². The van der Waals surface area contributed by atoms with Crippen LogP contribution in [-0.4, -0.2) is 6.04 Å². The number of hydrogen-bond donors (Lipinski definition) is 1. The summed E-state index contributed by atoms with van der Waals surface area (Å²) in [5.41, 5.74) is 1.78. The highest BCUT2D eigenvalue weighted by Crippen LogP contribution is 2.21. The fraction of sp³-hybridized carbons (Fsp3) is 0.647. The minimum absolute atomic E-state index is 0.0937. The molecule has 1 N–H and O–H groups in total. The van der Waals surface area contributed by atoms with E-state index in [0.717, 1.165) is 11.1 Å². The quantitative estimate of drug-likeness (QED) is 0.818. The molecular weight excluding hydrogens is 237 g/mol. The minimum atomic E-state index is -0.0937. The molecule has 2 heteroatoms. The molecule has 0 amide bonds. The Balaban J connectivity index is 1.94. The zero-order valence-corrected chi connectivity index (χ0v) is 12.2. The van der Waals surface area contributed by atoms with Crippen LogP contribution in [0.15, 0.2) is 18.2 Å². The summed E-state index contributed by atoms with van der Waals surface area (Å²) >= 11 is 0. The van der Waals surface area contributed by atoms with Crippen molar-refractivity contribution in [2.45, 2.75) is 70.9 Å². The maximum Gasteiger partial charge on any atom is 0.126 e. The minimum Gasteiger partial charge on any atom is -0.307 e. The molecule has 0 bridgehead atoms. The lowest BCUT2D eigenvalue weighted by Crippen LogP contribution is -2.32. The predicted octanol–water partition coefficient (Wildman–Crippen LogP) is 4.90. The molecule has 0 aliphatic heterocycles. The molecular formula is C17H26FN. The number of halogens is 1. The average Bonchev–Trinajstić information content (AvgIpc) is 2.35. The summed E-state index contributed by atoms with van der Waals surface area (Å²) in [5, 5.41) is 3.68. The van der Waals surface area contributed by atoms with Gasteiger partial charge in [0.2, 0.25) is 0 Å². The molecule has 106 valence electrons. The lowest BCUT2D eigenvalue weighted by Gasteiger charge is -2.25. The third kappa shape index (κ3) is 4.31. The Labute approximate surface area is 116 Å². The van der Waals surface area contributed by atoms with E-state index in [1.807, 2.05) is 19.1 Å². The first-order valence-electron chi connectivity index (χ1n) is 7.69. The SMILES string of the molecule is Cc1ccc(C(C)NC2CCCCCCC2)cc1F. The van der Waals surface area contributed by atoms with E-state index in [1.165, 1.54) is 44.9 Å². The number of benzene rings is 1. The molecule has 1 nitrogen and oxygen atoms in total. The lowest BCUT2D eigenvalue weighted by molar-refractivity contribution is 0.362. The summed E-state index contributed by atoms with van der Waals surface area (Å²) in [7, 11) is 0. The smallest absolute Gasteiger partial charge is 0.126 e. The number of nitrogens with one attached hydrogen (secondary N) is 1. The summed E-state index contributed by atoms with van der Waals surface area (Å²) in [6.07, 6.45) is 9.31. The Bertz CT molecular complexity index is 394. The van der Waals surface area contributed by atoms with Crippen molar-refractivity contribution in [3.8, 4) is 0 Å². The van der Waals surface area contributed by atoms with Crippen molar-refractivity contribution in [1.82, 2.24) is 5.32 Å². The molecule has 1 saturated carbocycles. The largest absolute Gasteiger partial charge is 0.307 e. The van der Waals surface area contributed by atoms with Gasteiger partial charge in [-0.25, -0.2) is 4.39 Å². The molecule has 1 aromatic rings. The van der Waals surface area contributed by atoms with E-state index in [2.05, 4.69) is 12.2 Å². The topological polar surface area (TPSA) is 12.0 Å². The van der Waals surface area contributed by atoms with Crippen molar-refractivity contribution in [3.05, 3.63) is 35.1 Å². The van der Waals surface area contributed by atoms with Crippen molar-refractivity contribution in [2.24, 2.45) is 0 Å². The van der Waals surface area contributed by atoms with Gasteiger partial charge in [-0.15, -0.1) is 0 Å². The Morgan fingerprint density at radius 1 is 1.11 bits per heavy atom. The second-order valence-electron chi connectivity index (χ2n) is 5.94. The number of rotatable bonds is 3. The van der Waals surface area contributed by atoms with E-state index < -0.39 is 0 Å². The van der Waals surface area contributed by atoms with Gasteiger partial charge in [0, 0.05) is 12.1 Å². The molecule has 1 aliphatic rings. The Morgan fingerprint density at radius 2 is 1.74 bits per heavy atom. The maximum atomic E-state index is 13.6. The maximum absolute atomic E-state index is 13.6. The predicted molar refractivity (Wildman–Crippen MR) is 78.8 cm³/mol. The zero-order valence-electron chi connectivity index (χ0n) is 12.2. The molecule has 0 radical (unpaired) electrons. The van der Waals surface area contributed by atoms with Gasteiger partial charge in [0.05, 0.1) is 0 Å². The van der Waals surface area contributed by atoms with Crippen LogP contribution in [0.25, 0.3) is 0 Å². The molecule has 1 aromatic carbocycles. The van der Waals surface area contributed by atoms with Gasteiger partial charge < -0.3 is 5.32 Å². The second kappa shape index (κ2) is 7.04. The van der Waals surface area contributed by atoms with Crippen LogP contribution in [-0.2, 0) is 0 Å². The third-order valence-electron chi connectivity index (χ3n) is 4.29. The van der Waals surface area contributed by atoms with E-state index in [4.69, 9.17) is 0 Å². The molecule has 1 atom stereocenters. The highest BCUT2D eigenvalue weighted by molar-refractivity contribution is 5.25. The molecule has 0 heterocycles. The van der Waals surface area contributed by atoms with E-state index in [1.54, 1.807) is 6.07 Å². The van der Waals surface area contributed by atoms with E-state index in [-0.39, 0.29) is 11.9 Å². The van der Waals surface area contributed by atoms with Gasteiger partial charge in [0.25, 0.3) is 0 Å². The Hall–Kier alpha value is -0.890. The summed E-state index contributed by atoms with van der Waals surface area (Å²) in [4.78, 5) is 0. The standard InChI is InChI=1S/C17H26FN/c1-13-10-11-15(12-17(13)18)14(2)19-16-8-6-4-3-5-7-9-16/h10-12,14,16,19H,3-9H2,1-2H3. The number of hydrogen-bond acceptors (Lipinski definition) is 1. The first kappa shape index (κ1) is 14.5. The number of aryl methyl sites for hydroxylation is 1. The van der Waals surface area contributed by atoms with Gasteiger partial charge in [-0.2, -0.15) is 0 Å². The van der Waals surface area contributed by atoms with Gasteiger partial charge in [-0.05, 0) is 43.9 Å². The van der Waals surface area contributed by atoms with Crippen molar-refractivity contribution in [3.63, 3.8) is 0 Å². The first-order valence-corrected chi connectivity index (χ1v) is 7.69. The normalized spacial score (nSPS) is 19.7. The molecule has 0 aromatic heterocycles. The van der Waals surface area contributed by atoms with Crippen molar-refractivity contribution in [2.75, 3.05) is 0 Å². The van der Waals surface area contributed by atoms with Gasteiger partial charge in [0.15, 0.2) is 0 Å². The Morgan fingerprint density at radius 3 is 2.37 bits per heavy atom. The highest BCUT2D eigenvalue weighted by Gasteiger charge is 2.15. The van der Waals surface area contributed by atoms with E-state index in [0.29, 0.717) is 6.04 Å². The van der Waals surface area contributed by atoms with Crippen LogP contribution in [0.1, 0.15) is 69.0 Å². The average molecular weight is 263 g/mol. The zero-order chi connectivity index (χ0) is 13.7. The third-order valence-corrected chi connectivity index (χ3v) is 4.29. The van der Waals surface area contributed by atoms with Crippen LogP contribution in [0.5, 0.6) is 0 Å². The highest BCUT2D eigenvalue weighted by atomic mass is 19.1. The molecule has 2 rings (SSSR count). The Kier molecular flexibility index (Phi) is 5.38. The van der Waals surface area contributed by atoms with Gasteiger partial charge in [-0.3, -0.25) is 0 Å². The molecule has 0 saturated heterocycles. The molecule has 1 fully saturated rings. The first-order chi connectivity index (χ1) is 9.16. The molecule has 0 spiro atoms. The van der Waals surface area contributed by atoms with Gasteiger partial charge in [0.1, 0.15) is 5.82 Å². The molecule has 1 aliphatic carbocycles. The van der Waals surface area contributed by atoms with Crippen molar-refractivity contribution >= 4 is 0 Å². The van der Waals surface area contributed by atoms with Crippen LogP contribution in [0.3, 0.4) is 0 Å². The fourth-order valence-corrected chi connectivity index (χ4v) is 2.95. The fourth-order valence-electron chi connectivity index (χ4n) is 2.95. The van der Waals surface area contributed by atoms with Crippen molar-refractivity contribution in [1.29, 1.82) is 0 Å². The van der Waals surface area contributed by atoms with Gasteiger partial charge >= 0.3 is 0 Å². The summed E-state index contributed by atoms with van der Waals surface area (Å²) in [5.74, 6) is -0.0937. The van der Waals surface area contributed by atoms with Crippen LogP contribution in [0, 0.1) is 12.7 Å². The van der Waals surface area contributed by atoms with Crippen LogP contribution >= 0.6 is 0 Å². The van der Waals surface area contributed by atoms with Gasteiger partial charge in [-0.1, -0.05) is 44.2 Å². The molecule has 1 unspecified atom stereocenters. The van der Waals surface area contributed by atoms with Crippen LogP contribution < -0.4 is 5.32 Å². The van der Waals surface area contributed by atoms with Crippen molar-refractivity contribution < 1.29 is 4.39 Å².